The molecule has 0 saturated carbocycles. The van der Waals surface area contributed by atoms with Gasteiger partial charge in [-0.25, -0.2) is 4.79 Å². The molecular formula is C20H19NO7S. The molecule has 0 spiro atoms. The lowest BCUT2D eigenvalue weighted by Gasteiger charge is -2.12. The Kier molecular flexibility index (Phi) is 6.28. The summed E-state index contributed by atoms with van der Waals surface area (Å²) < 4.78 is 20.8. The molecule has 2 aromatic rings. The largest absolute Gasteiger partial charge is 0.496 e. The molecule has 0 atom stereocenters. The van der Waals surface area contributed by atoms with Crippen LogP contribution >= 0.6 is 11.8 Å². The molecule has 0 bridgehead atoms. The first-order valence-electron chi connectivity index (χ1n) is 8.56. The summed E-state index contributed by atoms with van der Waals surface area (Å²) >= 11 is 1.51. The number of fused-ring (bicyclic) bond motifs is 1. The molecule has 8 nitrogen and oxygen atoms in total. The van der Waals surface area contributed by atoms with Crippen molar-refractivity contribution in [1.82, 2.24) is 0 Å². The normalized spacial score (nSPS) is 11.7. The molecule has 3 rings (SSSR count). The summed E-state index contributed by atoms with van der Waals surface area (Å²) in [5, 5.41) is 2.57. The van der Waals surface area contributed by atoms with E-state index in [9.17, 15) is 14.4 Å². The number of carbonyl (C=O) groups is 3. The van der Waals surface area contributed by atoms with Crippen LogP contribution in [0.15, 0.2) is 35.2 Å². The molecule has 0 unspecified atom stereocenters. The van der Waals surface area contributed by atoms with Crippen LogP contribution in [-0.4, -0.2) is 44.4 Å². The number of ether oxygens (including phenoxy) is 4. The van der Waals surface area contributed by atoms with Gasteiger partial charge < -0.3 is 24.3 Å². The van der Waals surface area contributed by atoms with Gasteiger partial charge in [0.1, 0.15) is 11.3 Å². The number of methoxy groups -OCH3 is 1. The van der Waals surface area contributed by atoms with E-state index in [4.69, 9.17) is 18.9 Å². The Hall–Kier alpha value is -3.20. The van der Waals surface area contributed by atoms with E-state index in [1.54, 1.807) is 18.2 Å². The van der Waals surface area contributed by atoms with Gasteiger partial charge in [0.2, 0.25) is 6.79 Å². The SMILES string of the molecule is COc1cc(SC)ccc1C(=O)OCC(=O)Nc1cc2c(cc1C(C)=O)OCO2. The third-order valence-corrected chi connectivity index (χ3v) is 4.85. The van der Waals surface area contributed by atoms with Crippen LogP contribution < -0.4 is 19.5 Å². The topological polar surface area (TPSA) is 100 Å². The van der Waals surface area contributed by atoms with Gasteiger partial charge in [0, 0.05) is 16.5 Å². The van der Waals surface area contributed by atoms with Crippen LogP contribution in [0.1, 0.15) is 27.6 Å². The fourth-order valence-electron chi connectivity index (χ4n) is 2.70. The number of amides is 1. The quantitative estimate of drug-likeness (QED) is 0.417. The minimum Gasteiger partial charge on any atom is -0.496 e. The molecule has 0 radical (unpaired) electrons. The molecule has 1 aliphatic rings. The summed E-state index contributed by atoms with van der Waals surface area (Å²) in [4.78, 5) is 37.4. The summed E-state index contributed by atoms with van der Waals surface area (Å²) in [7, 11) is 1.45. The maximum atomic E-state index is 12.3. The second-order valence-electron chi connectivity index (χ2n) is 6.00. The molecule has 2 aromatic carbocycles. The molecule has 1 amide bonds. The average molecular weight is 417 g/mol. The smallest absolute Gasteiger partial charge is 0.342 e. The summed E-state index contributed by atoms with van der Waals surface area (Å²) in [5.41, 5.74) is 0.735. The second kappa shape index (κ2) is 8.87. The molecule has 0 aliphatic carbocycles. The van der Waals surface area contributed by atoms with Crippen molar-refractivity contribution in [2.45, 2.75) is 11.8 Å². The summed E-state index contributed by atoms with van der Waals surface area (Å²) in [5.74, 6) is -0.339. The first-order chi connectivity index (χ1) is 13.9. The lowest BCUT2D eigenvalue weighted by atomic mass is 10.1. The second-order valence-corrected chi connectivity index (χ2v) is 6.88. The van der Waals surface area contributed by atoms with Crippen molar-refractivity contribution < 1.29 is 33.3 Å². The van der Waals surface area contributed by atoms with Crippen LogP contribution in [0, 0.1) is 0 Å². The number of esters is 1. The molecule has 1 aliphatic heterocycles. The van der Waals surface area contributed by atoms with E-state index in [2.05, 4.69) is 5.32 Å². The molecule has 9 heteroatoms. The van der Waals surface area contributed by atoms with Gasteiger partial charge in [-0.1, -0.05) is 0 Å². The predicted octanol–water partition coefficient (Wildman–Crippen LogP) is 3.14. The number of carbonyl (C=O) groups excluding carboxylic acids is 3. The molecule has 1 heterocycles. The van der Waals surface area contributed by atoms with Gasteiger partial charge in [-0.3, -0.25) is 9.59 Å². The summed E-state index contributed by atoms with van der Waals surface area (Å²) in [6, 6.07) is 8.06. The van der Waals surface area contributed by atoms with Gasteiger partial charge in [0.25, 0.3) is 5.91 Å². The number of rotatable bonds is 7. The summed E-state index contributed by atoms with van der Waals surface area (Å²) in [6.07, 6.45) is 1.91. The third-order valence-electron chi connectivity index (χ3n) is 4.13. The molecule has 0 aromatic heterocycles. The monoisotopic (exact) mass is 417 g/mol. The van der Waals surface area contributed by atoms with Crippen LogP contribution in [0.4, 0.5) is 5.69 Å². The highest BCUT2D eigenvalue weighted by Crippen LogP contribution is 2.37. The number of nitrogens with one attached hydrogen (secondary N) is 1. The number of benzene rings is 2. The van der Waals surface area contributed by atoms with E-state index < -0.39 is 18.5 Å². The first kappa shape index (κ1) is 20.5. The third kappa shape index (κ3) is 4.62. The van der Waals surface area contributed by atoms with Crippen molar-refractivity contribution in [3.63, 3.8) is 0 Å². The number of anilines is 1. The van der Waals surface area contributed by atoms with E-state index in [1.807, 2.05) is 6.26 Å². The van der Waals surface area contributed by atoms with Crippen LogP contribution in [0.5, 0.6) is 17.2 Å². The van der Waals surface area contributed by atoms with Crippen molar-refractivity contribution in [2.75, 3.05) is 32.1 Å². The van der Waals surface area contributed by atoms with Gasteiger partial charge >= 0.3 is 5.97 Å². The summed E-state index contributed by atoms with van der Waals surface area (Å²) in [6.45, 7) is 0.884. The number of thioether (sulfide) groups is 1. The van der Waals surface area contributed by atoms with Gasteiger partial charge in [-0.15, -0.1) is 11.8 Å². The molecular weight excluding hydrogens is 398 g/mol. The zero-order valence-electron chi connectivity index (χ0n) is 16.1. The Morgan fingerprint density at radius 3 is 2.48 bits per heavy atom. The van der Waals surface area contributed by atoms with Crippen molar-refractivity contribution in [3.8, 4) is 17.2 Å². The van der Waals surface area contributed by atoms with Gasteiger partial charge in [-0.2, -0.15) is 0 Å². The number of ketones is 1. The van der Waals surface area contributed by atoms with Crippen LogP contribution in [0.25, 0.3) is 0 Å². The number of Topliss-reactive ketones (excluding diaryl/α,β-unsaturated/α-hetero) is 1. The number of hydrogen-bond acceptors (Lipinski definition) is 8. The van der Waals surface area contributed by atoms with E-state index in [-0.39, 0.29) is 29.4 Å². The zero-order chi connectivity index (χ0) is 21.0. The standard InChI is InChI=1S/C20H19NO7S/c1-11(22)14-7-17-18(28-10-27-17)8-15(14)21-19(23)9-26-20(24)13-5-4-12(29-3)6-16(13)25-2/h4-8H,9-10H2,1-3H3,(H,21,23). The minimum atomic E-state index is -0.692. The fraction of sp³-hybridized carbons (Fsp3) is 0.250. The van der Waals surface area contributed by atoms with Crippen LogP contribution in [0.2, 0.25) is 0 Å². The van der Waals surface area contributed by atoms with E-state index in [0.29, 0.717) is 17.2 Å². The number of hydrogen-bond donors (Lipinski definition) is 1. The highest BCUT2D eigenvalue weighted by molar-refractivity contribution is 7.98. The van der Waals surface area contributed by atoms with Crippen molar-refractivity contribution in [2.24, 2.45) is 0 Å². The van der Waals surface area contributed by atoms with Gasteiger partial charge in [-0.05, 0) is 37.4 Å². The lowest BCUT2D eigenvalue weighted by Crippen LogP contribution is -2.22. The molecule has 0 fully saturated rings. The highest BCUT2D eigenvalue weighted by Gasteiger charge is 2.21. The molecule has 152 valence electrons. The first-order valence-corrected chi connectivity index (χ1v) is 9.79. The Labute approximate surface area is 171 Å². The maximum Gasteiger partial charge on any atom is 0.342 e. The van der Waals surface area contributed by atoms with Gasteiger partial charge in [0.05, 0.1) is 12.8 Å². The Bertz CT molecular complexity index is 974. The maximum absolute atomic E-state index is 12.3. The molecule has 1 N–H and O–H groups in total. The predicted molar refractivity (Wildman–Crippen MR) is 106 cm³/mol. The Balaban J connectivity index is 1.68. The molecule has 29 heavy (non-hydrogen) atoms. The van der Waals surface area contributed by atoms with Crippen molar-refractivity contribution >= 4 is 35.1 Å². The van der Waals surface area contributed by atoms with E-state index in [1.165, 1.54) is 37.9 Å². The van der Waals surface area contributed by atoms with Crippen molar-refractivity contribution in [1.29, 1.82) is 0 Å². The van der Waals surface area contributed by atoms with E-state index >= 15 is 0 Å². The zero-order valence-corrected chi connectivity index (χ0v) is 16.9. The average Bonchev–Trinajstić information content (AvgIpc) is 3.18. The minimum absolute atomic E-state index is 0.0405. The van der Waals surface area contributed by atoms with Crippen LogP contribution in [-0.2, 0) is 9.53 Å². The van der Waals surface area contributed by atoms with Gasteiger partial charge in [0.15, 0.2) is 23.9 Å². The lowest BCUT2D eigenvalue weighted by molar-refractivity contribution is -0.119. The van der Waals surface area contributed by atoms with Crippen LogP contribution in [0.3, 0.4) is 0 Å². The Morgan fingerprint density at radius 1 is 1.10 bits per heavy atom. The Morgan fingerprint density at radius 2 is 1.83 bits per heavy atom. The highest BCUT2D eigenvalue weighted by atomic mass is 32.2. The fourth-order valence-corrected chi connectivity index (χ4v) is 3.13. The molecule has 0 saturated heterocycles. The van der Waals surface area contributed by atoms with Crippen molar-refractivity contribution in [3.05, 3.63) is 41.5 Å². The van der Waals surface area contributed by atoms with E-state index in [0.717, 1.165) is 4.90 Å².